The summed E-state index contributed by atoms with van der Waals surface area (Å²) in [6.45, 7) is -0.202. The molecule has 0 saturated heterocycles. The molecule has 0 bridgehead atoms. The summed E-state index contributed by atoms with van der Waals surface area (Å²) in [6, 6.07) is 13.5. The van der Waals surface area contributed by atoms with Crippen LogP contribution in [0.1, 0.15) is 21.8 Å². The molecule has 0 aliphatic carbocycles. The van der Waals surface area contributed by atoms with Crippen LogP contribution in [0.5, 0.6) is 0 Å². The molecule has 6 nitrogen and oxygen atoms in total. The number of halogens is 1. The highest BCUT2D eigenvalue weighted by atomic mass is 35.5. The Balaban J connectivity index is 1.62. The molecule has 24 heavy (non-hydrogen) atoms. The Labute approximate surface area is 142 Å². The van der Waals surface area contributed by atoms with Crippen LogP contribution < -0.4 is 0 Å². The zero-order valence-electron chi connectivity index (χ0n) is 12.5. The lowest BCUT2D eigenvalue weighted by Crippen LogP contribution is -2.05. The predicted octanol–water partition coefficient (Wildman–Crippen LogP) is 3.24. The topological polar surface area (TPSA) is 85.5 Å². The summed E-state index contributed by atoms with van der Waals surface area (Å²) in [5.41, 5.74) is 1.85. The van der Waals surface area contributed by atoms with Crippen molar-refractivity contribution in [3.8, 4) is 11.4 Å². The third-order valence-electron chi connectivity index (χ3n) is 3.27. The van der Waals surface area contributed by atoms with Crippen LogP contribution in [0.2, 0.25) is 5.02 Å². The molecular formula is C17H13ClN2O4. The standard InChI is InChI=1S/C17H13ClN2O4/c18-14-7-5-12(6-8-14)16-19-15(24-20-16)10-23-17(22)13-3-1-11(9-21)2-4-13/h1-8,21H,9-10H2. The second-order valence-corrected chi connectivity index (χ2v) is 5.39. The van der Waals surface area contributed by atoms with Crippen molar-refractivity contribution in [1.29, 1.82) is 0 Å². The van der Waals surface area contributed by atoms with E-state index in [1.807, 2.05) is 0 Å². The van der Waals surface area contributed by atoms with Crippen molar-refractivity contribution in [2.24, 2.45) is 0 Å². The average molecular weight is 345 g/mol. The number of carbonyl (C=O) groups is 1. The quantitative estimate of drug-likeness (QED) is 0.715. The fraction of sp³-hybridized carbons (Fsp3) is 0.118. The van der Waals surface area contributed by atoms with E-state index in [0.29, 0.717) is 16.4 Å². The van der Waals surface area contributed by atoms with E-state index in [9.17, 15) is 4.79 Å². The fourth-order valence-electron chi connectivity index (χ4n) is 1.99. The molecule has 3 rings (SSSR count). The highest BCUT2D eigenvalue weighted by Gasteiger charge is 2.12. The SMILES string of the molecule is O=C(OCc1nc(-c2ccc(Cl)cc2)no1)c1ccc(CO)cc1. The molecule has 0 saturated carbocycles. The molecule has 0 radical (unpaired) electrons. The van der Waals surface area contributed by atoms with Gasteiger partial charge in [-0.2, -0.15) is 4.98 Å². The van der Waals surface area contributed by atoms with E-state index in [-0.39, 0.29) is 19.1 Å². The maximum absolute atomic E-state index is 11.9. The zero-order valence-corrected chi connectivity index (χ0v) is 13.2. The van der Waals surface area contributed by atoms with Crippen molar-refractivity contribution in [3.63, 3.8) is 0 Å². The molecule has 3 aromatic rings. The van der Waals surface area contributed by atoms with Gasteiger partial charge in [-0.1, -0.05) is 28.9 Å². The van der Waals surface area contributed by atoms with Gasteiger partial charge in [0, 0.05) is 10.6 Å². The van der Waals surface area contributed by atoms with Gasteiger partial charge in [0.15, 0.2) is 6.61 Å². The lowest BCUT2D eigenvalue weighted by molar-refractivity contribution is 0.0429. The minimum atomic E-state index is -0.509. The average Bonchev–Trinajstić information content (AvgIpc) is 3.09. The molecule has 122 valence electrons. The highest BCUT2D eigenvalue weighted by Crippen LogP contribution is 2.19. The van der Waals surface area contributed by atoms with Crippen LogP contribution >= 0.6 is 11.6 Å². The molecule has 1 N–H and O–H groups in total. The van der Waals surface area contributed by atoms with E-state index in [1.165, 1.54) is 0 Å². The van der Waals surface area contributed by atoms with Crippen LogP contribution in [0.4, 0.5) is 0 Å². The lowest BCUT2D eigenvalue weighted by Gasteiger charge is -2.02. The number of aliphatic hydroxyl groups excluding tert-OH is 1. The van der Waals surface area contributed by atoms with Gasteiger partial charge in [-0.15, -0.1) is 0 Å². The zero-order chi connectivity index (χ0) is 16.9. The molecule has 0 unspecified atom stereocenters. The molecule has 7 heteroatoms. The molecule has 1 aromatic heterocycles. The van der Waals surface area contributed by atoms with Gasteiger partial charge < -0.3 is 14.4 Å². The first-order chi connectivity index (χ1) is 11.7. The van der Waals surface area contributed by atoms with Crippen LogP contribution in [0, 0.1) is 0 Å². The number of esters is 1. The summed E-state index contributed by atoms with van der Waals surface area (Å²) in [6.07, 6.45) is 0. The molecule has 0 fully saturated rings. The maximum Gasteiger partial charge on any atom is 0.338 e. The lowest BCUT2D eigenvalue weighted by atomic mass is 10.1. The van der Waals surface area contributed by atoms with Crippen LogP contribution in [0.25, 0.3) is 11.4 Å². The van der Waals surface area contributed by atoms with Crippen molar-refractivity contribution in [2.75, 3.05) is 0 Å². The predicted molar refractivity (Wildman–Crippen MR) is 86.2 cm³/mol. The Morgan fingerprint density at radius 1 is 1.12 bits per heavy atom. The van der Waals surface area contributed by atoms with Gasteiger partial charge in [0.2, 0.25) is 5.82 Å². The van der Waals surface area contributed by atoms with Gasteiger partial charge in [0.05, 0.1) is 12.2 Å². The molecule has 0 aliphatic rings. The molecule has 0 atom stereocenters. The normalized spacial score (nSPS) is 10.6. The first-order valence-corrected chi connectivity index (χ1v) is 7.49. The number of hydrogen-bond donors (Lipinski definition) is 1. The van der Waals surface area contributed by atoms with Crippen molar-refractivity contribution in [3.05, 3.63) is 70.6 Å². The molecule has 2 aromatic carbocycles. The van der Waals surface area contributed by atoms with Crippen LogP contribution in [-0.4, -0.2) is 21.2 Å². The number of ether oxygens (including phenoxy) is 1. The number of nitrogens with zero attached hydrogens (tertiary/aromatic N) is 2. The number of hydrogen-bond acceptors (Lipinski definition) is 6. The summed E-state index contributed by atoms with van der Waals surface area (Å²) >= 11 is 5.83. The second-order valence-electron chi connectivity index (χ2n) is 4.95. The van der Waals surface area contributed by atoms with E-state index in [2.05, 4.69) is 10.1 Å². The Morgan fingerprint density at radius 3 is 2.50 bits per heavy atom. The molecular weight excluding hydrogens is 332 g/mol. The Kier molecular flexibility index (Phi) is 4.88. The smallest absolute Gasteiger partial charge is 0.338 e. The van der Waals surface area contributed by atoms with E-state index in [1.54, 1.807) is 48.5 Å². The minimum Gasteiger partial charge on any atom is -0.452 e. The molecule has 0 spiro atoms. The van der Waals surface area contributed by atoms with Crippen LogP contribution in [-0.2, 0) is 18.0 Å². The number of aromatic nitrogens is 2. The first kappa shape index (κ1) is 16.2. The Bertz CT molecular complexity index is 829. The van der Waals surface area contributed by atoms with Gasteiger partial charge in [-0.3, -0.25) is 0 Å². The van der Waals surface area contributed by atoms with Crippen LogP contribution in [0.3, 0.4) is 0 Å². The summed E-state index contributed by atoms with van der Waals surface area (Å²) in [5.74, 6) is 0.0797. The van der Waals surface area contributed by atoms with E-state index < -0.39 is 5.97 Å². The Hall–Kier alpha value is -2.70. The highest BCUT2D eigenvalue weighted by molar-refractivity contribution is 6.30. The summed E-state index contributed by atoms with van der Waals surface area (Å²) in [7, 11) is 0. The van der Waals surface area contributed by atoms with Gasteiger partial charge in [0.25, 0.3) is 5.89 Å². The number of rotatable bonds is 5. The maximum atomic E-state index is 11.9. The van der Waals surface area contributed by atoms with Crippen molar-refractivity contribution < 1.29 is 19.2 Å². The van der Waals surface area contributed by atoms with Crippen molar-refractivity contribution >= 4 is 17.6 Å². The Morgan fingerprint density at radius 2 is 1.83 bits per heavy atom. The van der Waals surface area contributed by atoms with Crippen molar-refractivity contribution in [1.82, 2.24) is 10.1 Å². The van der Waals surface area contributed by atoms with Crippen molar-refractivity contribution in [2.45, 2.75) is 13.2 Å². The summed E-state index contributed by atoms with van der Waals surface area (Å²) < 4.78 is 10.2. The van der Waals surface area contributed by atoms with E-state index in [4.69, 9.17) is 26.0 Å². The van der Waals surface area contributed by atoms with Gasteiger partial charge in [-0.25, -0.2) is 4.79 Å². The number of benzene rings is 2. The van der Waals surface area contributed by atoms with E-state index >= 15 is 0 Å². The third-order valence-corrected chi connectivity index (χ3v) is 3.52. The third kappa shape index (κ3) is 3.79. The number of carbonyl (C=O) groups excluding carboxylic acids is 1. The first-order valence-electron chi connectivity index (χ1n) is 7.11. The molecule has 0 amide bonds. The van der Waals surface area contributed by atoms with Crippen LogP contribution in [0.15, 0.2) is 53.1 Å². The fourth-order valence-corrected chi connectivity index (χ4v) is 2.11. The van der Waals surface area contributed by atoms with Gasteiger partial charge in [-0.05, 0) is 42.0 Å². The molecule has 0 aliphatic heterocycles. The summed E-state index contributed by atoms with van der Waals surface area (Å²) in [5, 5.41) is 13.4. The molecule has 1 heterocycles. The summed E-state index contributed by atoms with van der Waals surface area (Å²) in [4.78, 5) is 16.1. The monoisotopic (exact) mass is 344 g/mol. The number of aliphatic hydroxyl groups is 1. The van der Waals surface area contributed by atoms with Gasteiger partial charge >= 0.3 is 5.97 Å². The van der Waals surface area contributed by atoms with E-state index in [0.717, 1.165) is 11.1 Å². The minimum absolute atomic E-state index is 0.0786. The largest absolute Gasteiger partial charge is 0.452 e. The van der Waals surface area contributed by atoms with Gasteiger partial charge in [0.1, 0.15) is 0 Å². The second kappa shape index (κ2) is 7.25.